The van der Waals surface area contributed by atoms with E-state index in [2.05, 4.69) is 36.3 Å². The summed E-state index contributed by atoms with van der Waals surface area (Å²) in [5.74, 6) is 0.425. The summed E-state index contributed by atoms with van der Waals surface area (Å²) in [5, 5.41) is 4.29. The lowest BCUT2D eigenvalue weighted by Gasteiger charge is -2.34. The third-order valence-electron chi connectivity index (χ3n) is 3.41. The van der Waals surface area contributed by atoms with Crippen LogP contribution < -0.4 is 5.43 Å². The van der Waals surface area contributed by atoms with Gasteiger partial charge in [0.25, 0.3) is 5.91 Å². The molecule has 1 aliphatic carbocycles. The van der Waals surface area contributed by atoms with Crippen LogP contribution in [0.2, 0.25) is 0 Å². The van der Waals surface area contributed by atoms with Crippen LogP contribution in [-0.2, 0) is 0 Å². The average Bonchev–Trinajstić information content (AvgIpc) is 2.34. The third kappa shape index (κ3) is 3.88. The van der Waals surface area contributed by atoms with Crippen LogP contribution in [0.15, 0.2) is 29.6 Å². The first-order valence-electron chi connectivity index (χ1n) is 6.72. The van der Waals surface area contributed by atoms with Gasteiger partial charge in [-0.1, -0.05) is 20.8 Å². The zero-order valence-corrected chi connectivity index (χ0v) is 11.8. The molecule has 1 aromatic rings. The number of carbonyl (C=O) groups excluding carboxylic acids is 1. The molecule has 0 radical (unpaired) electrons. The fourth-order valence-electron chi connectivity index (χ4n) is 2.89. The van der Waals surface area contributed by atoms with Gasteiger partial charge in [-0.25, -0.2) is 5.43 Å². The SMILES string of the molecule is CC1C/C(=N/NC(=O)c2cccnc2)CC(C)(C)C1. The van der Waals surface area contributed by atoms with Crippen LogP contribution in [0.5, 0.6) is 0 Å². The van der Waals surface area contributed by atoms with Crippen molar-refractivity contribution >= 4 is 11.6 Å². The molecule has 19 heavy (non-hydrogen) atoms. The normalized spacial score (nSPS) is 24.2. The second-order valence-corrected chi connectivity index (χ2v) is 6.22. The van der Waals surface area contributed by atoms with Gasteiger partial charge in [0.15, 0.2) is 0 Å². The zero-order chi connectivity index (χ0) is 13.9. The number of amides is 1. The maximum Gasteiger partial charge on any atom is 0.272 e. The van der Waals surface area contributed by atoms with Gasteiger partial charge in [0.05, 0.1) is 5.56 Å². The van der Waals surface area contributed by atoms with Crippen LogP contribution in [0.25, 0.3) is 0 Å². The van der Waals surface area contributed by atoms with E-state index < -0.39 is 0 Å². The van der Waals surface area contributed by atoms with E-state index in [9.17, 15) is 4.79 Å². The Kier molecular flexibility index (Phi) is 3.98. The molecule has 0 spiro atoms. The molecule has 4 heteroatoms. The molecule has 102 valence electrons. The van der Waals surface area contributed by atoms with E-state index in [1.54, 1.807) is 24.5 Å². The second-order valence-electron chi connectivity index (χ2n) is 6.22. The molecule has 1 amide bonds. The molecule has 1 heterocycles. The molecular formula is C15H21N3O. The molecule has 0 saturated heterocycles. The summed E-state index contributed by atoms with van der Waals surface area (Å²) in [6.07, 6.45) is 6.32. The maximum atomic E-state index is 11.9. The fraction of sp³-hybridized carbons (Fsp3) is 0.533. The maximum absolute atomic E-state index is 11.9. The molecular weight excluding hydrogens is 238 g/mol. The third-order valence-corrected chi connectivity index (χ3v) is 3.41. The average molecular weight is 259 g/mol. The van der Waals surface area contributed by atoms with Crippen molar-refractivity contribution in [2.24, 2.45) is 16.4 Å². The van der Waals surface area contributed by atoms with Crippen LogP contribution in [0.3, 0.4) is 0 Å². The molecule has 0 aromatic carbocycles. The molecule has 0 aliphatic heterocycles. The smallest absolute Gasteiger partial charge is 0.267 e. The number of aromatic nitrogens is 1. The quantitative estimate of drug-likeness (QED) is 0.830. The van der Waals surface area contributed by atoms with Crippen molar-refractivity contribution in [2.45, 2.75) is 40.0 Å². The van der Waals surface area contributed by atoms with Gasteiger partial charge in [-0.05, 0) is 42.7 Å². The summed E-state index contributed by atoms with van der Waals surface area (Å²) >= 11 is 0. The number of hydrazone groups is 1. The Bertz CT molecular complexity index is 479. The first kappa shape index (κ1) is 13.7. The Morgan fingerprint density at radius 3 is 2.95 bits per heavy atom. The van der Waals surface area contributed by atoms with Gasteiger partial charge in [0.1, 0.15) is 0 Å². The van der Waals surface area contributed by atoms with Gasteiger partial charge in [0.2, 0.25) is 0 Å². The van der Waals surface area contributed by atoms with Crippen molar-refractivity contribution in [1.82, 2.24) is 10.4 Å². The molecule has 1 aliphatic rings. The molecule has 4 nitrogen and oxygen atoms in total. The van der Waals surface area contributed by atoms with Gasteiger partial charge in [-0.3, -0.25) is 9.78 Å². The van der Waals surface area contributed by atoms with E-state index >= 15 is 0 Å². The highest BCUT2D eigenvalue weighted by Crippen LogP contribution is 2.36. The van der Waals surface area contributed by atoms with E-state index in [1.807, 2.05) is 0 Å². The molecule has 1 atom stereocenters. The minimum absolute atomic E-state index is 0.198. The van der Waals surface area contributed by atoms with Gasteiger partial charge >= 0.3 is 0 Å². The number of nitrogens with zero attached hydrogens (tertiary/aromatic N) is 2. The van der Waals surface area contributed by atoms with Crippen LogP contribution in [0.1, 0.15) is 50.4 Å². The Hall–Kier alpha value is -1.71. The van der Waals surface area contributed by atoms with Crippen molar-refractivity contribution in [3.63, 3.8) is 0 Å². The molecule has 1 aromatic heterocycles. The standard InChI is InChI=1S/C15H21N3O/c1-11-7-13(9-15(2,3)8-11)17-18-14(19)12-5-4-6-16-10-12/h4-6,10-11H,7-9H2,1-3H3,(H,18,19)/b17-13-. The van der Waals surface area contributed by atoms with Crippen molar-refractivity contribution in [3.8, 4) is 0 Å². The number of hydrogen-bond donors (Lipinski definition) is 1. The molecule has 1 unspecified atom stereocenters. The Balaban J connectivity index is 2.01. The summed E-state index contributed by atoms with van der Waals surface area (Å²) in [7, 11) is 0. The first-order chi connectivity index (χ1) is 8.96. The Morgan fingerprint density at radius 1 is 1.53 bits per heavy atom. The molecule has 2 rings (SSSR count). The van der Waals surface area contributed by atoms with Gasteiger partial charge < -0.3 is 0 Å². The minimum Gasteiger partial charge on any atom is -0.267 e. The molecule has 1 saturated carbocycles. The molecule has 0 bridgehead atoms. The predicted octanol–water partition coefficient (Wildman–Crippen LogP) is 3.01. The molecule has 1 N–H and O–H groups in total. The number of pyridine rings is 1. The van der Waals surface area contributed by atoms with Gasteiger partial charge in [-0.15, -0.1) is 0 Å². The van der Waals surface area contributed by atoms with E-state index in [-0.39, 0.29) is 11.3 Å². The highest BCUT2D eigenvalue weighted by molar-refractivity contribution is 5.95. The van der Waals surface area contributed by atoms with Crippen LogP contribution in [-0.4, -0.2) is 16.6 Å². The van der Waals surface area contributed by atoms with Crippen molar-refractivity contribution in [2.75, 3.05) is 0 Å². The molecule has 1 fully saturated rings. The van der Waals surface area contributed by atoms with Gasteiger partial charge in [-0.2, -0.15) is 5.10 Å². The predicted molar refractivity (Wildman–Crippen MR) is 75.9 cm³/mol. The van der Waals surface area contributed by atoms with E-state index in [1.165, 1.54) is 6.42 Å². The lowest BCUT2D eigenvalue weighted by atomic mass is 9.72. The Labute approximate surface area is 114 Å². The minimum atomic E-state index is -0.198. The monoisotopic (exact) mass is 259 g/mol. The van der Waals surface area contributed by atoms with Crippen molar-refractivity contribution in [1.29, 1.82) is 0 Å². The largest absolute Gasteiger partial charge is 0.272 e. The highest BCUT2D eigenvalue weighted by Gasteiger charge is 2.29. The van der Waals surface area contributed by atoms with Crippen LogP contribution in [0, 0.1) is 11.3 Å². The number of hydrogen-bond acceptors (Lipinski definition) is 3. The van der Waals surface area contributed by atoms with E-state index in [0.29, 0.717) is 11.5 Å². The highest BCUT2D eigenvalue weighted by atomic mass is 16.2. The second kappa shape index (κ2) is 5.51. The van der Waals surface area contributed by atoms with E-state index in [0.717, 1.165) is 18.6 Å². The lowest BCUT2D eigenvalue weighted by Crippen LogP contribution is -2.30. The summed E-state index contributed by atoms with van der Waals surface area (Å²) in [4.78, 5) is 15.8. The zero-order valence-electron chi connectivity index (χ0n) is 11.8. The topological polar surface area (TPSA) is 54.4 Å². The summed E-state index contributed by atoms with van der Waals surface area (Å²) in [5.41, 5.74) is 4.53. The summed E-state index contributed by atoms with van der Waals surface area (Å²) < 4.78 is 0. The Morgan fingerprint density at radius 2 is 2.32 bits per heavy atom. The first-order valence-corrected chi connectivity index (χ1v) is 6.72. The van der Waals surface area contributed by atoms with Gasteiger partial charge in [0, 0.05) is 18.1 Å². The lowest BCUT2D eigenvalue weighted by molar-refractivity contribution is 0.0953. The van der Waals surface area contributed by atoms with E-state index in [4.69, 9.17) is 0 Å². The fourth-order valence-corrected chi connectivity index (χ4v) is 2.89. The number of rotatable bonds is 2. The van der Waals surface area contributed by atoms with Crippen LogP contribution >= 0.6 is 0 Å². The summed E-state index contributed by atoms with van der Waals surface area (Å²) in [6.45, 7) is 6.74. The summed E-state index contributed by atoms with van der Waals surface area (Å²) in [6, 6.07) is 3.48. The van der Waals surface area contributed by atoms with Crippen molar-refractivity contribution in [3.05, 3.63) is 30.1 Å². The number of carbonyl (C=O) groups is 1. The van der Waals surface area contributed by atoms with Crippen LogP contribution in [0.4, 0.5) is 0 Å². The number of nitrogens with one attached hydrogen (secondary N) is 1. The van der Waals surface area contributed by atoms with Crippen molar-refractivity contribution < 1.29 is 4.79 Å².